The third-order valence-electron chi connectivity index (χ3n) is 6.11. The number of carbonyl (C=O) groups is 2. The maximum Gasteiger partial charge on any atom is 0.234 e. The van der Waals surface area contributed by atoms with E-state index in [0.717, 1.165) is 58.2 Å². The van der Waals surface area contributed by atoms with Gasteiger partial charge in [0.15, 0.2) is 0 Å². The minimum Gasteiger partial charge on any atom is -0.356 e. The van der Waals surface area contributed by atoms with Crippen molar-refractivity contribution < 1.29 is 9.59 Å². The molecule has 0 spiro atoms. The topological polar surface area (TPSA) is 61.4 Å². The summed E-state index contributed by atoms with van der Waals surface area (Å²) in [5, 5.41) is 6.31. The van der Waals surface area contributed by atoms with Crippen molar-refractivity contribution in [3.05, 3.63) is 35.4 Å². The molecule has 2 N–H and O–H groups in total. The number of nitrogens with zero attached hydrogens (tertiary/aromatic N) is 1. The molecule has 1 aliphatic heterocycles. The first-order chi connectivity index (χ1) is 13.7. The largest absolute Gasteiger partial charge is 0.356 e. The number of aryl methyl sites for hydroxylation is 1. The average Bonchev–Trinajstić information content (AvgIpc) is 2.72. The molecule has 0 aromatic heterocycles. The molecule has 2 aliphatic rings. The van der Waals surface area contributed by atoms with Crippen LogP contribution in [0, 0.1) is 5.92 Å². The van der Waals surface area contributed by atoms with Crippen molar-refractivity contribution >= 4 is 11.8 Å². The number of piperidine rings is 1. The van der Waals surface area contributed by atoms with Crippen LogP contribution in [-0.2, 0) is 16.0 Å². The van der Waals surface area contributed by atoms with Crippen LogP contribution >= 0.6 is 0 Å². The fraction of sp³-hybridized carbons (Fsp3) is 0.652. The van der Waals surface area contributed by atoms with Crippen LogP contribution in [0.5, 0.6) is 0 Å². The number of unbranched alkanes of at least 4 members (excludes halogenated alkanes) is 2. The lowest BCUT2D eigenvalue weighted by molar-refractivity contribution is -0.127. The summed E-state index contributed by atoms with van der Waals surface area (Å²) in [6.45, 7) is 5.03. The van der Waals surface area contributed by atoms with Crippen molar-refractivity contribution in [1.29, 1.82) is 0 Å². The van der Waals surface area contributed by atoms with E-state index in [-0.39, 0.29) is 23.8 Å². The highest BCUT2D eigenvalue weighted by Gasteiger charge is 2.27. The standard InChI is InChI=1S/C23H35N3O2/c1-2-3-6-14-24-23(28)19-12-15-26(16-13-19)17-22(27)25-21-11-7-9-18-8-4-5-10-20(18)21/h4-5,8,10,19,21H,2-3,6-7,9,11-17H2,1H3,(H,24,28)(H,25,27). The maximum atomic E-state index is 12.6. The first-order valence-corrected chi connectivity index (χ1v) is 11.0. The van der Waals surface area contributed by atoms with Crippen LogP contribution in [0.2, 0.25) is 0 Å². The fourth-order valence-corrected chi connectivity index (χ4v) is 4.43. The average molecular weight is 386 g/mol. The quantitative estimate of drug-likeness (QED) is 0.676. The molecule has 1 unspecified atom stereocenters. The van der Waals surface area contributed by atoms with Crippen LogP contribution in [0.3, 0.4) is 0 Å². The zero-order valence-electron chi connectivity index (χ0n) is 17.2. The lowest BCUT2D eigenvalue weighted by atomic mass is 9.88. The second kappa shape index (κ2) is 10.6. The molecule has 0 saturated carbocycles. The van der Waals surface area contributed by atoms with Crippen LogP contribution in [0.1, 0.15) is 69.0 Å². The number of likely N-dealkylation sites (tertiary alicyclic amines) is 1. The molecule has 154 valence electrons. The number of carbonyl (C=O) groups excluding carboxylic acids is 2. The highest BCUT2D eigenvalue weighted by atomic mass is 16.2. The fourth-order valence-electron chi connectivity index (χ4n) is 4.43. The molecule has 3 rings (SSSR count). The molecule has 5 heteroatoms. The molecule has 0 bridgehead atoms. The van der Waals surface area contributed by atoms with Gasteiger partial charge in [-0.15, -0.1) is 0 Å². The van der Waals surface area contributed by atoms with Gasteiger partial charge in [-0.05, 0) is 62.7 Å². The first-order valence-electron chi connectivity index (χ1n) is 11.0. The number of hydrogen-bond donors (Lipinski definition) is 2. The molecule has 5 nitrogen and oxygen atoms in total. The molecule has 1 aliphatic carbocycles. The number of amides is 2. The second-order valence-corrected chi connectivity index (χ2v) is 8.26. The van der Waals surface area contributed by atoms with E-state index in [1.165, 1.54) is 24.0 Å². The molecule has 1 heterocycles. The Kier molecular flexibility index (Phi) is 7.90. The van der Waals surface area contributed by atoms with E-state index in [1.807, 2.05) is 0 Å². The summed E-state index contributed by atoms with van der Waals surface area (Å²) in [5.74, 6) is 0.398. The van der Waals surface area contributed by atoms with Crippen LogP contribution in [0.4, 0.5) is 0 Å². The highest BCUT2D eigenvalue weighted by Crippen LogP contribution is 2.29. The van der Waals surface area contributed by atoms with Crippen molar-refractivity contribution in [2.45, 2.75) is 64.3 Å². The van der Waals surface area contributed by atoms with E-state index >= 15 is 0 Å². The Morgan fingerprint density at radius 3 is 2.68 bits per heavy atom. The van der Waals surface area contributed by atoms with Gasteiger partial charge in [0.2, 0.25) is 11.8 Å². The van der Waals surface area contributed by atoms with Crippen LogP contribution in [0.25, 0.3) is 0 Å². The molecular weight excluding hydrogens is 350 g/mol. The lowest BCUT2D eigenvalue weighted by Gasteiger charge is -2.32. The first kappa shape index (κ1) is 20.8. The molecular formula is C23H35N3O2. The third kappa shape index (κ3) is 5.81. The zero-order chi connectivity index (χ0) is 19.8. The Balaban J connectivity index is 1.39. The lowest BCUT2D eigenvalue weighted by Crippen LogP contribution is -2.45. The summed E-state index contributed by atoms with van der Waals surface area (Å²) < 4.78 is 0. The molecule has 1 aromatic rings. The Morgan fingerprint density at radius 1 is 1.11 bits per heavy atom. The van der Waals surface area contributed by atoms with E-state index in [0.29, 0.717) is 6.54 Å². The minimum atomic E-state index is 0.101. The van der Waals surface area contributed by atoms with Gasteiger partial charge in [0.25, 0.3) is 0 Å². The number of fused-ring (bicyclic) bond motifs is 1. The van der Waals surface area contributed by atoms with E-state index in [2.05, 4.69) is 46.7 Å². The van der Waals surface area contributed by atoms with Crippen molar-refractivity contribution in [2.75, 3.05) is 26.2 Å². The van der Waals surface area contributed by atoms with Gasteiger partial charge in [-0.1, -0.05) is 44.0 Å². The van der Waals surface area contributed by atoms with Gasteiger partial charge in [0, 0.05) is 12.5 Å². The number of nitrogens with one attached hydrogen (secondary N) is 2. The van der Waals surface area contributed by atoms with E-state index in [1.54, 1.807) is 0 Å². The highest BCUT2D eigenvalue weighted by molar-refractivity contribution is 5.79. The summed E-state index contributed by atoms with van der Waals surface area (Å²) in [5.41, 5.74) is 2.64. The van der Waals surface area contributed by atoms with Crippen molar-refractivity contribution in [3.8, 4) is 0 Å². The number of rotatable bonds is 8. The molecule has 1 aromatic carbocycles. The molecule has 1 fully saturated rings. The Labute approximate surface area is 169 Å². The summed E-state index contributed by atoms with van der Waals surface area (Å²) in [6.07, 6.45) is 8.34. The van der Waals surface area contributed by atoms with Gasteiger partial charge in [-0.3, -0.25) is 14.5 Å². The normalized spacial score (nSPS) is 20.4. The molecule has 0 radical (unpaired) electrons. The van der Waals surface area contributed by atoms with Gasteiger partial charge < -0.3 is 10.6 Å². The van der Waals surface area contributed by atoms with Crippen molar-refractivity contribution in [1.82, 2.24) is 15.5 Å². The number of benzene rings is 1. The predicted molar refractivity (Wildman–Crippen MR) is 112 cm³/mol. The van der Waals surface area contributed by atoms with Gasteiger partial charge in [-0.2, -0.15) is 0 Å². The Bertz CT molecular complexity index is 653. The monoisotopic (exact) mass is 385 g/mol. The van der Waals surface area contributed by atoms with Crippen LogP contribution in [0.15, 0.2) is 24.3 Å². The van der Waals surface area contributed by atoms with Gasteiger partial charge >= 0.3 is 0 Å². The maximum absolute atomic E-state index is 12.6. The zero-order valence-corrected chi connectivity index (χ0v) is 17.2. The Hall–Kier alpha value is -1.88. The molecule has 1 saturated heterocycles. The summed E-state index contributed by atoms with van der Waals surface area (Å²) in [6, 6.07) is 8.59. The number of hydrogen-bond acceptors (Lipinski definition) is 3. The summed E-state index contributed by atoms with van der Waals surface area (Å²) in [4.78, 5) is 27.0. The minimum absolute atomic E-state index is 0.101. The van der Waals surface area contributed by atoms with Gasteiger partial charge in [0.05, 0.1) is 12.6 Å². The molecule has 28 heavy (non-hydrogen) atoms. The van der Waals surface area contributed by atoms with Crippen LogP contribution in [-0.4, -0.2) is 42.9 Å². The summed E-state index contributed by atoms with van der Waals surface area (Å²) in [7, 11) is 0. The predicted octanol–water partition coefficient (Wildman–Crippen LogP) is 3.20. The van der Waals surface area contributed by atoms with Gasteiger partial charge in [-0.25, -0.2) is 0 Å². The van der Waals surface area contributed by atoms with E-state index < -0.39 is 0 Å². The van der Waals surface area contributed by atoms with Crippen LogP contribution < -0.4 is 10.6 Å². The third-order valence-corrected chi connectivity index (χ3v) is 6.11. The molecule has 2 amide bonds. The smallest absolute Gasteiger partial charge is 0.234 e. The summed E-state index contributed by atoms with van der Waals surface area (Å²) >= 11 is 0. The van der Waals surface area contributed by atoms with Crippen molar-refractivity contribution in [3.63, 3.8) is 0 Å². The van der Waals surface area contributed by atoms with Gasteiger partial charge in [0.1, 0.15) is 0 Å². The van der Waals surface area contributed by atoms with Crippen molar-refractivity contribution in [2.24, 2.45) is 5.92 Å². The Morgan fingerprint density at radius 2 is 1.89 bits per heavy atom. The molecule has 1 atom stereocenters. The second-order valence-electron chi connectivity index (χ2n) is 8.26. The van der Waals surface area contributed by atoms with E-state index in [9.17, 15) is 9.59 Å². The van der Waals surface area contributed by atoms with E-state index in [4.69, 9.17) is 0 Å². The SMILES string of the molecule is CCCCCNC(=O)C1CCN(CC(=O)NC2CCCc3ccccc32)CC1.